The molecule has 4 nitrogen and oxygen atoms in total. The van der Waals surface area contributed by atoms with E-state index in [1.807, 2.05) is 36.7 Å². The van der Waals surface area contributed by atoms with Gasteiger partial charge in [0.15, 0.2) is 0 Å². The largest absolute Gasteiger partial charge is 0.455 e. The molecule has 4 heteroatoms. The minimum absolute atomic E-state index is 0.253. The Hall–Kier alpha value is -7.43. The highest BCUT2D eigenvalue weighted by Crippen LogP contribution is 2.54. The molecule has 0 saturated heterocycles. The van der Waals surface area contributed by atoms with Crippen LogP contribution in [-0.4, -0.2) is 15.0 Å². The first-order valence-corrected chi connectivity index (χ1v) is 19.6. The molecule has 13 rings (SSSR count). The number of para-hydroxylation sites is 2. The molecule has 0 aliphatic heterocycles. The van der Waals surface area contributed by atoms with Crippen molar-refractivity contribution in [2.75, 3.05) is 0 Å². The summed E-state index contributed by atoms with van der Waals surface area (Å²) in [6.07, 6.45) is 22.5. The number of hydrogen-bond donors (Lipinski definition) is 0. The highest BCUT2D eigenvalue weighted by atomic mass is 16.3. The minimum Gasteiger partial charge on any atom is -0.455 e. The number of furan rings is 1. The minimum atomic E-state index is 0.253. The predicted molar refractivity (Wildman–Crippen MR) is 233 cm³/mol. The van der Waals surface area contributed by atoms with Gasteiger partial charge in [0.05, 0.1) is 22.2 Å². The number of rotatable bonds is 3. The van der Waals surface area contributed by atoms with Crippen molar-refractivity contribution in [1.29, 1.82) is 0 Å². The average molecular weight is 726 g/mol. The van der Waals surface area contributed by atoms with Crippen LogP contribution in [0.4, 0.5) is 0 Å². The van der Waals surface area contributed by atoms with Gasteiger partial charge in [-0.05, 0) is 81.0 Å². The van der Waals surface area contributed by atoms with Crippen molar-refractivity contribution in [2.24, 2.45) is 11.8 Å². The van der Waals surface area contributed by atoms with Crippen LogP contribution in [0.15, 0.2) is 203 Å². The lowest BCUT2D eigenvalue weighted by molar-refractivity contribution is 0.568. The van der Waals surface area contributed by atoms with Gasteiger partial charge in [0.1, 0.15) is 11.2 Å². The Morgan fingerprint density at radius 2 is 1.28 bits per heavy atom. The third kappa shape index (κ3) is 4.41. The second-order valence-electron chi connectivity index (χ2n) is 15.5. The topological polar surface area (TPSA) is 51.8 Å². The molecule has 0 spiro atoms. The molecule has 4 aliphatic rings. The van der Waals surface area contributed by atoms with E-state index >= 15 is 0 Å². The normalized spacial score (nSPS) is 18.4. The quantitative estimate of drug-likeness (QED) is 0.170. The fourth-order valence-corrected chi connectivity index (χ4v) is 9.96. The summed E-state index contributed by atoms with van der Waals surface area (Å²) in [6, 6.07) is 40.7. The van der Waals surface area contributed by atoms with Crippen LogP contribution >= 0.6 is 0 Å². The maximum atomic E-state index is 6.56. The van der Waals surface area contributed by atoms with Crippen molar-refractivity contribution in [3.8, 4) is 11.3 Å². The zero-order valence-electron chi connectivity index (χ0n) is 30.6. The van der Waals surface area contributed by atoms with Crippen LogP contribution < -0.4 is 0 Å². The summed E-state index contributed by atoms with van der Waals surface area (Å²) < 4.78 is 6.56. The Morgan fingerprint density at radius 1 is 0.526 bits per heavy atom. The second kappa shape index (κ2) is 11.5. The molecule has 4 heterocycles. The van der Waals surface area contributed by atoms with E-state index in [1.165, 1.54) is 44.6 Å². The fourth-order valence-electron chi connectivity index (χ4n) is 9.96. The van der Waals surface area contributed by atoms with Gasteiger partial charge < -0.3 is 4.42 Å². The first kappa shape index (κ1) is 30.8. The van der Waals surface area contributed by atoms with Gasteiger partial charge in [0, 0.05) is 67.5 Å². The van der Waals surface area contributed by atoms with E-state index in [1.54, 1.807) is 0 Å². The molecule has 5 aromatic carbocycles. The number of pyridine rings is 3. The molecular weight excluding hydrogens is 695 g/mol. The Bertz CT molecular complexity index is 3510. The molecule has 4 aromatic heterocycles. The molecule has 0 fully saturated rings. The summed E-state index contributed by atoms with van der Waals surface area (Å²) in [6.45, 7) is 0. The van der Waals surface area contributed by atoms with Gasteiger partial charge in [-0.1, -0.05) is 127 Å². The lowest BCUT2D eigenvalue weighted by Gasteiger charge is -2.42. The zero-order valence-corrected chi connectivity index (χ0v) is 30.6. The smallest absolute Gasteiger partial charge is 0.144 e. The van der Waals surface area contributed by atoms with Crippen LogP contribution in [0.25, 0.3) is 87.8 Å². The Labute approximate surface area is 327 Å². The van der Waals surface area contributed by atoms with Crippen molar-refractivity contribution in [3.63, 3.8) is 0 Å². The van der Waals surface area contributed by atoms with Crippen LogP contribution in [0.5, 0.6) is 0 Å². The molecular formula is C53H31N3O. The van der Waals surface area contributed by atoms with Crippen molar-refractivity contribution in [1.82, 2.24) is 15.0 Å². The second-order valence-corrected chi connectivity index (χ2v) is 15.5. The van der Waals surface area contributed by atoms with Crippen molar-refractivity contribution < 1.29 is 4.42 Å². The van der Waals surface area contributed by atoms with Crippen molar-refractivity contribution in [2.45, 2.75) is 0 Å². The maximum absolute atomic E-state index is 6.56. The number of hydrogen-bond acceptors (Lipinski definition) is 4. The van der Waals surface area contributed by atoms with Crippen molar-refractivity contribution in [3.05, 3.63) is 210 Å². The number of allylic oxidation sites excluding steroid dienone is 14. The third-order valence-electron chi connectivity index (χ3n) is 12.5. The highest BCUT2D eigenvalue weighted by molar-refractivity contribution is 6.24. The number of benzene rings is 5. The Balaban J connectivity index is 0.908. The summed E-state index contributed by atoms with van der Waals surface area (Å²) >= 11 is 0. The van der Waals surface area contributed by atoms with Crippen LogP contribution in [0.2, 0.25) is 0 Å². The van der Waals surface area contributed by atoms with E-state index in [0.29, 0.717) is 0 Å². The first-order valence-electron chi connectivity index (χ1n) is 19.6. The third-order valence-corrected chi connectivity index (χ3v) is 12.5. The van der Waals surface area contributed by atoms with E-state index in [9.17, 15) is 0 Å². The molecule has 264 valence electrons. The Kier molecular flexibility index (Phi) is 6.25. The van der Waals surface area contributed by atoms with Gasteiger partial charge in [0.2, 0.25) is 0 Å². The standard InChI is InChI=1S/C53H31N3O/c1-3-11-45-42(9-1)49-43(24-23-41-38-8-2-4-12-46(38)57-53(41)49)50(56-45)32-16-13-30(14-17-32)36-27-33-18-15-31-19-21-37(39-22-20-34(28-36)47(33)48(31)39)44-29-35-7-5-25-54-51(35)52-40(44)10-6-26-55-52/h1-29,47-48H. The zero-order chi connectivity index (χ0) is 37.2. The van der Waals surface area contributed by atoms with Crippen LogP contribution in [-0.2, 0) is 0 Å². The first-order chi connectivity index (χ1) is 28.2. The lowest BCUT2D eigenvalue weighted by Crippen LogP contribution is -2.29. The van der Waals surface area contributed by atoms with Gasteiger partial charge in [-0.2, -0.15) is 0 Å². The van der Waals surface area contributed by atoms with Crippen LogP contribution in [0.3, 0.4) is 0 Å². The van der Waals surface area contributed by atoms with E-state index in [2.05, 4.69) is 140 Å². The van der Waals surface area contributed by atoms with Crippen LogP contribution in [0.1, 0.15) is 11.1 Å². The van der Waals surface area contributed by atoms with Gasteiger partial charge in [-0.25, -0.2) is 4.98 Å². The van der Waals surface area contributed by atoms with Gasteiger partial charge in [0.25, 0.3) is 0 Å². The number of fused-ring (bicyclic) bond motifs is 10. The van der Waals surface area contributed by atoms with Gasteiger partial charge in [-0.15, -0.1) is 0 Å². The molecule has 0 radical (unpaired) electrons. The highest BCUT2D eigenvalue weighted by Gasteiger charge is 2.40. The molecule has 9 aromatic rings. The Morgan fingerprint density at radius 3 is 2.21 bits per heavy atom. The summed E-state index contributed by atoms with van der Waals surface area (Å²) in [5, 5.41) is 7.80. The molecule has 2 unspecified atom stereocenters. The SMILES string of the molecule is C1=CC2=CC=C(c3cc4cccnc4c4ncccc34)C3=CC=C4C=C(c5ccc(-c6nc7ccccc7c7c6ccc6c8ccccc8oc67)cc5)C=C1C4C23. The maximum Gasteiger partial charge on any atom is 0.144 e. The van der Waals surface area contributed by atoms with E-state index in [4.69, 9.17) is 19.4 Å². The number of aromatic nitrogens is 3. The van der Waals surface area contributed by atoms with Gasteiger partial charge >= 0.3 is 0 Å². The fraction of sp³-hybridized carbons (Fsp3) is 0.0377. The predicted octanol–water partition coefficient (Wildman–Crippen LogP) is 13.1. The van der Waals surface area contributed by atoms with E-state index in [-0.39, 0.29) is 11.8 Å². The molecule has 2 atom stereocenters. The summed E-state index contributed by atoms with van der Waals surface area (Å²) in [4.78, 5) is 14.8. The molecule has 4 aliphatic carbocycles. The van der Waals surface area contributed by atoms with E-state index < -0.39 is 0 Å². The molecule has 0 amide bonds. The molecule has 0 bridgehead atoms. The summed E-state index contributed by atoms with van der Waals surface area (Å²) in [7, 11) is 0. The molecule has 57 heavy (non-hydrogen) atoms. The van der Waals surface area contributed by atoms with Crippen LogP contribution in [0, 0.1) is 11.8 Å². The average Bonchev–Trinajstić information content (AvgIpc) is 3.66. The van der Waals surface area contributed by atoms with E-state index in [0.717, 1.165) is 76.7 Å². The monoisotopic (exact) mass is 725 g/mol. The summed E-state index contributed by atoms with van der Waals surface area (Å²) in [5.74, 6) is 0.519. The lowest BCUT2D eigenvalue weighted by atomic mass is 9.61. The van der Waals surface area contributed by atoms with Crippen molar-refractivity contribution >= 4 is 76.6 Å². The number of nitrogens with zero attached hydrogens (tertiary/aromatic N) is 3. The molecule has 0 saturated carbocycles. The summed E-state index contributed by atoms with van der Waals surface area (Å²) in [5.41, 5.74) is 17.0. The molecule has 0 N–H and O–H groups in total. The van der Waals surface area contributed by atoms with Gasteiger partial charge in [-0.3, -0.25) is 9.97 Å².